The van der Waals surface area contributed by atoms with E-state index in [1.807, 2.05) is 0 Å². The van der Waals surface area contributed by atoms with E-state index in [0.29, 0.717) is 12.1 Å². The van der Waals surface area contributed by atoms with E-state index in [4.69, 9.17) is 4.74 Å². The second-order valence-electron chi connectivity index (χ2n) is 5.03. The van der Waals surface area contributed by atoms with E-state index in [1.165, 1.54) is 19.1 Å². The fraction of sp³-hybridized carbons (Fsp3) is 0.357. The van der Waals surface area contributed by atoms with Crippen LogP contribution < -0.4 is 5.32 Å². The number of hydrogen-bond acceptors (Lipinski definition) is 6. The molecule has 1 aromatic carbocycles. The van der Waals surface area contributed by atoms with Gasteiger partial charge in [0.25, 0.3) is 11.6 Å². The zero-order valence-corrected chi connectivity index (χ0v) is 12.6. The number of ether oxygens (including phenoxy) is 1. The molecule has 23 heavy (non-hydrogen) atoms. The lowest BCUT2D eigenvalue weighted by atomic mass is 10.1. The predicted molar refractivity (Wildman–Crippen MR) is 77.8 cm³/mol. The van der Waals surface area contributed by atoms with Gasteiger partial charge in [-0.3, -0.25) is 19.8 Å². The third-order valence-corrected chi connectivity index (χ3v) is 3.40. The Morgan fingerprint density at radius 3 is 2.70 bits per heavy atom. The van der Waals surface area contributed by atoms with E-state index in [9.17, 15) is 24.5 Å². The number of nitrogens with zero attached hydrogens (tertiary/aromatic N) is 2. The summed E-state index contributed by atoms with van der Waals surface area (Å²) in [4.78, 5) is 46.7. The van der Waals surface area contributed by atoms with Crippen molar-refractivity contribution < 1.29 is 24.0 Å². The molecular weight excluding hydrogens is 306 g/mol. The molecule has 1 heterocycles. The van der Waals surface area contributed by atoms with Gasteiger partial charge in [0, 0.05) is 24.7 Å². The van der Waals surface area contributed by atoms with Gasteiger partial charge in [-0.1, -0.05) is 6.07 Å². The number of nitro benzene ring substituents is 1. The Balaban J connectivity index is 2.09. The quantitative estimate of drug-likeness (QED) is 0.502. The largest absolute Gasteiger partial charge is 0.449 e. The lowest BCUT2D eigenvalue weighted by molar-refractivity contribution is -0.385. The fourth-order valence-corrected chi connectivity index (χ4v) is 2.11. The minimum absolute atomic E-state index is 0.0344. The molecule has 3 amide bonds. The molecule has 1 atom stereocenters. The minimum Gasteiger partial charge on any atom is -0.449 e. The van der Waals surface area contributed by atoms with Gasteiger partial charge in [-0.05, 0) is 19.9 Å². The van der Waals surface area contributed by atoms with Crippen LogP contribution in [0.3, 0.4) is 0 Å². The Bertz CT molecular complexity index is 687. The van der Waals surface area contributed by atoms with Crippen LogP contribution in [0.25, 0.3) is 0 Å². The van der Waals surface area contributed by atoms with Gasteiger partial charge in [0.05, 0.1) is 10.5 Å². The first-order valence-corrected chi connectivity index (χ1v) is 6.86. The number of rotatable bonds is 4. The molecule has 0 aliphatic carbocycles. The van der Waals surface area contributed by atoms with Crippen molar-refractivity contribution in [1.29, 1.82) is 0 Å². The highest BCUT2D eigenvalue weighted by molar-refractivity contribution is 5.99. The van der Waals surface area contributed by atoms with Crippen LogP contribution in [0.4, 0.5) is 10.5 Å². The first kappa shape index (κ1) is 16.4. The van der Waals surface area contributed by atoms with Crippen LogP contribution in [0.1, 0.15) is 22.8 Å². The summed E-state index contributed by atoms with van der Waals surface area (Å²) in [5, 5.41) is 13.4. The zero-order chi connectivity index (χ0) is 17.1. The zero-order valence-electron chi connectivity index (χ0n) is 12.6. The second-order valence-corrected chi connectivity index (χ2v) is 5.03. The summed E-state index contributed by atoms with van der Waals surface area (Å²) in [5.74, 6) is -1.51. The van der Waals surface area contributed by atoms with Crippen molar-refractivity contribution in [3.05, 3.63) is 39.4 Å². The second kappa shape index (κ2) is 6.42. The molecule has 0 unspecified atom stereocenters. The molecule has 0 aromatic heterocycles. The van der Waals surface area contributed by atoms with E-state index in [-0.39, 0.29) is 17.8 Å². The molecule has 0 bridgehead atoms. The maximum absolute atomic E-state index is 12.0. The molecular formula is C14H15N3O6. The van der Waals surface area contributed by atoms with Gasteiger partial charge in [-0.15, -0.1) is 0 Å². The maximum atomic E-state index is 12.0. The number of nitro groups is 1. The summed E-state index contributed by atoms with van der Waals surface area (Å²) in [6, 6.07) is 3.36. The van der Waals surface area contributed by atoms with Crippen molar-refractivity contribution in [2.45, 2.75) is 20.0 Å². The number of imide groups is 1. The Labute approximate surface area is 131 Å². The number of benzene rings is 1. The van der Waals surface area contributed by atoms with Crippen LogP contribution in [0, 0.1) is 17.0 Å². The number of carbonyl (C=O) groups is 3. The summed E-state index contributed by atoms with van der Waals surface area (Å²) >= 11 is 0. The SMILES string of the molecule is Cc1ccc(C(=O)O[C@@H](C)C(=O)N2CCNC2=O)cc1[N+](=O)[O-]. The van der Waals surface area contributed by atoms with Crippen molar-refractivity contribution in [1.82, 2.24) is 10.2 Å². The summed E-state index contributed by atoms with van der Waals surface area (Å²) in [6.45, 7) is 3.44. The third kappa shape index (κ3) is 3.44. The lowest BCUT2D eigenvalue weighted by Crippen LogP contribution is -2.41. The highest BCUT2D eigenvalue weighted by Crippen LogP contribution is 2.20. The van der Waals surface area contributed by atoms with E-state index < -0.39 is 28.9 Å². The fourth-order valence-electron chi connectivity index (χ4n) is 2.11. The molecule has 0 radical (unpaired) electrons. The van der Waals surface area contributed by atoms with Crippen LogP contribution in [-0.2, 0) is 9.53 Å². The van der Waals surface area contributed by atoms with Gasteiger partial charge < -0.3 is 10.1 Å². The number of nitrogens with one attached hydrogen (secondary N) is 1. The van der Waals surface area contributed by atoms with Crippen molar-refractivity contribution in [2.75, 3.05) is 13.1 Å². The Morgan fingerprint density at radius 2 is 2.13 bits per heavy atom. The molecule has 0 spiro atoms. The van der Waals surface area contributed by atoms with Crippen LogP contribution in [0.2, 0.25) is 0 Å². The highest BCUT2D eigenvalue weighted by atomic mass is 16.6. The summed E-state index contributed by atoms with van der Waals surface area (Å²) in [6.07, 6.45) is -1.17. The Morgan fingerprint density at radius 1 is 1.43 bits per heavy atom. The lowest BCUT2D eigenvalue weighted by Gasteiger charge is -2.18. The molecule has 1 N–H and O–H groups in total. The number of urea groups is 1. The van der Waals surface area contributed by atoms with E-state index in [2.05, 4.69) is 5.32 Å². The van der Waals surface area contributed by atoms with Crippen LogP contribution in [0.15, 0.2) is 18.2 Å². The standard InChI is InChI=1S/C14H15N3O6/c1-8-3-4-10(7-11(8)17(21)22)13(19)23-9(2)12(18)16-6-5-15-14(16)20/h3-4,7,9H,5-6H2,1-2H3,(H,15,20)/t9-/m0/s1. The average Bonchev–Trinajstić information content (AvgIpc) is 2.92. The molecule has 1 aliphatic heterocycles. The van der Waals surface area contributed by atoms with Crippen LogP contribution in [-0.4, -0.2) is 46.9 Å². The van der Waals surface area contributed by atoms with Crippen molar-refractivity contribution in [2.24, 2.45) is 0 Å². The molecule has 1 saturated heterocycles. The number of aryl methyl sites for hydroxylation is 1. The van der Waals surface area contributed by atoms with E-state index in [1.54, 1.807) is 6.92 Å². The van der Waals surface area contributed by atoms with Gasteiger partial charge in [-0.25, -0.2) is 9.59 Å². The van der Waals surface area contributed by atoms with Crippen molar-refractivity contribution >= 4 is 23.6 Å². The number of esters is 1. The van der Waals surface area contributed by atoms with Crippen LogP contribution in [0.5, 0.6) is 0 Å². The number of hydrogen-bond donors (Lipinski definition) is 1. The normalized spacial score (nSPS) is 15.0. The molecule has 9 heteroatoms. The maximum Gasteiger partial charge on any atom is 0.339 e. The molecule has 2 rings (SSSR count). The number of amides is 3. The number of carbonyl (C=O) groups excluding carboxylic acids is 3. The van der Waals surface area contributed by atoms with Gasteiger partial charge in [0.1, 0.15) is 0 Å². The van der Waals surface area contributed by atoms with Gasteiger partial charge >= 0.3 is 12.0 Å². The molecule has 1 fully saturated rings. The predicted octanol–water partition coefficient (Wildman–Crippen LogP) is 1.00. The average molecular weight is 321 g/mol. The summed E-state index contributed by atoms with van der Waals surface area (Å²) in [7, 11) is 0. The van der Waals surface area contributed by atoms with Crippen LogP contribution >= 0.6 is 0 Å². The first-order valence-electron chi connectivity index (χ1n) is 6.86. The minimum atomic E-state index is -1.17. The topological polar surface area (TPSA) is 119 Å². The Hall–Kier alpha value is -2.97. The summed E-state index contributed by atoms with van der Waals surface area (Å²) < 4.78 is 5.00. The molecule has 0 saturated carbocycles. The molecule has 9 nitrogen and oxygen atoms in total. The smallest absolute Gasteiger partial charge is 0.339 e. The summed E-state index contributed by atoms with van der Waals surface area (Å²) in [5.41, 5.74) is 0.162. The monoisotopic (exact) mass is 321 g/mol. The first-order chi connectivity index (χ1) is 10.8. The molecule has 122 valence electrons. The highest BCUT2D eigenvalue weighted by Gasteiger charge is 2.32. The van der Waals surface area contributed by atoms with E-state index in [0.717, 1.165) is 11.0 Å². The Kier molecular flexibility index (Phi) is 4.58. The third-order valence-electron chi connectivity index (χ3n) is 3.40. The van der Waals surface area contributed by atoms with Crippen molar-refractivity contribution in [3.63, 3.8) is 0 Å². The van der Waals surface area contributed by atoms with Gasteiger partial charge in [0.2, 0.25) is 0 Å². The van der Waals surface area contributed by atoms with Gasteiger partial charge in [0.15, 0.2) is 6.10 Å². The van der Waals surface area contributed by atoms with E-state index >= 15 is 0 Å². The molecule has 1 aliphatic rings. The van der Waals surface area contributed by atoms with Gasteiger partial charge in [-0.2, -0.15) is 0 Å². The molecule has 1 aromatic rings. The van der Waals surface area contributed by atoms with Crippen molar-refractivity contribution in [3.8, 4) is 0 Å².